The highest BCUT2D eigenvalue weighted by Gasteiger charge is 2.25. The molecular weight excluding hydrogens is 416 g/mol. The second-order valence-corrected chi connectivity index (χ2v) is 7.84. The Morgan fingerprint density at radius 1 is 1.17 bits per heavy atom. The second-order valence-electron chi connectivity index (χ2n) is 6.42. The molecule has 0 saturated carbocycles. The Morgan fingerprint density at radius 3 is 2.37 bits per heavy atom. The minimum absolute atomic E-state index is 0.391. The van der Waals surface area contributed by atoms with Gasteiger partial charge in [-0.3, -0.25) is 24.3 Å². The summed E-state index contributed by atoms with van der Waals surface area (Å²) in [5.74, 6) is -1.44. The first-order valence-corrected chi connectivity index (χ1v) is 9.89. The van der Waals surface area contributed by atoms with E-state index in [2.05, 4.69) is 15.5 Å². The van der Waals surface area contributed by atoms with Crippen molar-refractivity contribution in [2.45, 2.75) is 31.7 Å². The number of nitrogens with zero attached hydrogens (tertiary/aromatic N) is 3. The van der Waals surface area contributed by atoms with Gasteiger partial charge in [0.1, 0.15) is 4.90 Å². The Balaban J connectivity index is 2.35. The molecule has 1 amide bonds. The van der Waals surface area contributed by atoms with Crippen molar-refractivity contribution < 1.29 is 27.5 Å². The van der Waals surface area contributed by atoms with Crippen LogP contribution < -0.4 is 5.32 Å². The van der Waals surface area contributed by atoms with Gasteiger partial charge in [-0.25, -0.2) is 0 Å². The highest BCUT2D eigenvalue weighted by molar-refractivity contribution is 7.85. The summed E-state index contributed by atoms with van der Waals surface area (Å²) in [6.07, 6.45) is 0. The number of carbonyl (C=O) groups is 2. The van der Waals surface area contributed by atoms with E-state index in [1.54, 1.807) is 19.1 Å². The summed E-state index contributed by atoms with van der Waals surface area (Å²) < 4.78 is 31.4. The molecule has 1 atom stereocenters. The normalized spacial score (nSPS) is 12.5. The lowest BCUT2D eigenvalue weighted by molar-refractivity contribution is -0.384. The molecule has 0 saturated heterocycles. The maximum absolute atomic E-state index is 12.5. The molecule has 0 aliphatic carbocycles. The molecule has 30 heavy (non-hydrogen) atoms. The third-order valence-electron chi connectivity index (χ3n) is 4.00. The van der Waals surface area contributed by atoms with Crippen molar-refractivity contribution in [3.05, 3.63) is 57.6 Å². The van der Waals surface area contributed by atoms with Gasteiger partial charge in [0.25, 0.3) is 21.7 Å². The predicted molar refractivity (Wildman–Crippen MR) is 106 cm³/mol. The number of hydrogen-bond donors (Lipinski definition) is 2. The number of carbonyl (C=O) groups excluding carboxylic acids is 2. The van der Waals surface area contributed by atoms with Crippen LogP contribution in [0.5, 0.6) is 0 Å². The van der Waals surface area contributed by atoms with E-state index in [1.807, 2.05) is 13.0 Å². The van der Waals surface area contributed by atoms with E-state index in [9.17, 15) is 28.1 Å². The first kappa shape index (κ1) is 22.8. The Bertz CT molecular complexity index is 1160. The minimum atomic E-state index is -4.67. The van der Waals surface area contributed by atoms with Crippen LogP contribution in [0.15, 0.2) is 51.5 Å². The predicted octanol–water partition coefficient (Wildman–Crippen LogP) is 3.14. The fourth-order valence-corrected chi connectivity index (χ4v) is 2.99. The van der Waals surface area contributed by atoms with Gasteiger partial charge >= 0.3 is 0 Å². The van der Waals surface area contributed by atoms with Crippen molar-refractivity contribution >= 4 is 38.9 Å². The van der Waals surface area contributed by atoms with Crippen LogP contribution in [0.2, 0.25) is 0 Å². The zero-order valence-corrected chi connectivity index (χ0v) is 17.0. The topological polar surface area (TPSA) is 168 Å². The average molecular weight is 434 g/mol. The number of amides is 1. The molecule has 158 valence electrons. The van der Waals surface area contributed by atoms with Crippen molar-refractivity contribution in [1.82, 2.24) is 0 Å². The fraction of sp³-hybridized carbons (Fsp3) is 0.222. The van der Waals surface area contributed by atoms with E-state index < -0.39 is 49.0 Å². The molecule has 0 heterocycles. The highest BCUT2D eigenvalue weighted by Crippen LogP contribution is 2.30. The fourth-order valence-electron chi connectivity index (χ4n) is 2.49. The summed E-state index contributed by atoms with van der Waals surface area (Å²) in [5.41, 5.74) is 1.05. The zero-order valence-electron chi connectivity index (χ0n) is 16.2. The van der Waals surface area contributed by atoms with Gasteiger partial charge in [0.15, 0.2) is 11.5 Å². The molecule has 2 aromatic rings. The molecule has 2 N–H and O–H groups in total. The average Bonchev–Trinajstić information content (AvgIpc) is 2.63. The van der Waals surface area contributed by atoms with Crippen LogP contribution in [-0.2, 0) is 19.7 Å². The SMILES string of the molecule is CC(=O)C(N=Nc1ccc(S(=O)(=O)O)cc1[N+](=O)[O-])C(=O)Nc1ccc(C)cc1C. The smallest absolute Gasteiger partial charge is 0.298 e. The number of nitro benzene ring substituents is 1. The molecule has 1 unspecified atom stereocenters. The molecule has 11 nitrogen and oxygen atoms in total. The lowest BCUT2D eigenvalue weighted by Gasteiger charge is -2.12. The van der Waals surface area contributed by atoms with Gasteiger partial charge < -0.3 is 5.32 Å². The number of Topliss-reactive ketones (excluding diaryl/α,β-unsaturated/α-hetero) is 1. The van der Waals surface area contributed by atoms with Crippen LogP contribution in [0.1, 0.15) is 18.1 Å². The summed E-state index contributed by atoms with van der Waals surface area (Å²) in [6, 6.07) is 6.11. The molecule has 2 aromatic carbocycles. The van der Waals surface area contributed by atoms with Crippen molar-refractivity contribution in [3.63, 3.8) is 0 Å². The van der Waals surface area contributed by atoms with E-state index in [-0.39, 0.29) is 0 Å². The molecule has 0 radical (unpaired) electrons. The number of nitrogens with one attached hydrogen (secondary N) is 1. The largest absolute Gasteiger partial charge is 0.324 e. The maximum atomic E-state index is 12.5. The Morgan fingerprint density at radius 2 is 1.83 bits per heavy atom. The molecule has 12 heteroatoms. The van der Waals surface area contributed by atoms with Crippen molar-refractivity contribution in [2.24, 2.45) is 10.2 Å². The highest BCUT2D eigenvalue weighted by atomic mass is 32.2. The number of azo groups is 1. The number of benzene rings is 2. The number of ketones is 1. The Labute approximate surface area is 171 Å². The van der Waals surface area contributed by atoms with E-state index in [4.69, 9.17) is 4.55 Å². The zero-order chi connectivity index (χ0) is 22.6. The second kappa shape index (κ2) is 8.88. The number of hydrogen-bond acceptors (Lipinski definition) is 8. The molecule has 0 fully saturated rings. The van der Waals surface area contributed by atoms with Crippen LogP contribution in [0.4, 0.5) is 17.1 Å². The molecular formula is C18H18N4O7S. The first-order chi connectivity index (χ1) is 13.9. The third-order valence-corrected chi connectivity index (χ3v) is 4.85. The van der Waals surface area contributed by atoms with Crippen LogP contribution in [0, 0.1) is 24.0 Å². The molecule has 0 spiro atoms. The van der Waals surface area contributed by atoms with Gasteiger partial charge in [-0.1, -0.05) is 17.7 Å². The van der Waals surface area contributed by atoms with Crippen LogP contribution >= 0.6 is 0 Å². The maximum Gasteiger partial charge on any atom is 0.298 e. The van der Waals surface area contributed by atoms with E-state index >= 15 is 0 Å². The summed E-state index contributed by atoms with van der Waals surface area (Å²) in [7, 11) is -4.67. The van der Waals surface area contributed by atoms with Crippen molar-refractivity contribution in [2.75, 3.05) is 5.32 Å². The first-order valence-electron chi connectivity index (χ1n) is 8.45. The van der Waals surface area contributed by atoms with E-state index in [1.165, 1.54) is 0 Å². The standard InChI is InChI=1S/C18H18N4O7S/c1-10-4-6-14(11(2)8-10)19-18(24)17(12(3)23)21-20-15-7-5-13(30(27,28)29)9-16(15)22(25)26/h4-9,17H,1-3H3,(H,19,24)(H,27,28,29). The van der Waals surface area contributed by atoms with Crippen molar-refractivity contribution in [1.29, 1.82) is 0 Å². The van der Waals surface area contributed by atoms with Crippen molar-refractivity contribution in [3.8, 4) is 0 Å². The van der Waals surface area contributed by atoms with Gasteiger partial charge in [0, 0.05) is 11.8 Å². The third kappa shape index (κ3) is 5.52. The molecule has 0 aliphatic heterocycles. The monoisotopic (exact) mass is 434 g/mol. The Kier molecular flexibility index (Phi) is 6.74. The lowest BCUT2D eigenvalue weighted by Crippen LogP contribution is -2.32. The number of anilines is 1. The number of rotatable bonds is 7. The molecule has 2 rings (SSSR count). The van der Waals surface area contributed by atoms with Gasteiger partial charge in [0.2, 0.25) is 6.04 Å². The Hall–Kier alpha value is -3.51. The summed E-state index contributed by atoms with van der Waals surface area (Å²) in [4.78, 5) is 33.9. The molecule has 0 aliphatic rings. The molecule has 0 bridgehead atoms. The lowest BCUT2D eigenvalue weighted by atomic mass is 10.1. The van der Waals surface area contributed by atoms with Crippen LogP contribution in [0.25, 0.3) is 0 Å². The summed E-state index contributed by atoms with van der Waals surface area (Å²) >= 11 is 0. The van der Waals surface area contributed by atoms with Crippen LogP contribution in [-0.4, -0.2) is 35.6 Å². The molecule has 0 aromatic heterocycles. The summed E-state index contributed by atoms with van der Waals surface area (Å²) in [6.45, 7) is 4.76. The van der Waals surface area contributed by atoms with E-state index in [0.29, 0.717) is 11.8 Å². The number of nitro groups is 1. The van der Waals surface area contributed by atoms with Gasteiger partial charge in [-0.15, -0.1) is 5.11 Å². The minimum Gasteiger partial charge on any atom is -0.324 e. The van der Waals surface area contributed by atoms with Crippen LogP contribution in [0.3, 0.4) is 0 Å². The quantitative estimate of drug-likeness (QED) is 0.222. The van der Waals surface area contributed by atoms with E-state index in [0.717, 1.165) is 30.2 Å². The van der Waals surface area contributed by atoms with Gasteiger partial charge in [-0.05, 0) is 44.5 Å². The van der Waals surface area contributed by atoms with Gasteiger partial charge in [-0.2, -0.15) is 13.5 Å². The number of aryl methyl sites for hydroxylation is 2. The summed E-state index contributed by atoms with van der Waals surface area (Å²) in [5, 5.41) is 21.0. The van der Waals surface area contributed by atoms with Gasteiger partial charge in [0.05, 0.1) is 4.92 Å².